The highest BCUT2D eigenvalue weighted by molar-refractivity contribution is 9.10. The van der Waals surface area contributed by atoms with Crippen LogP contribution >= 0.6 is 31.9 Å². The fourth-order valence-electron chi connectivity index (χ4n) is 5.26. The number of nitrogens with one attached hydrogen (secondary N) is 2. The lowest BCUT2D eigenvalue weighted by molar-refractivity contribution is -0.275. The van der Waals surface area contributed by atoms with Crippen LogP contribution in [0, 0.1) is 0 Å². The van der Waals surface area contributed by atoms with Crippen LogP contribution in [0.4, 0.5) is 26.3 Å². The topological polar surface area (TPSA) is 192 Å². The molecule has 14 nitrogen and oxygen atoms in total. The monoisotopic (exact) mass is 996 g/mol. The van der Waals surface area contributed by atoms with Crippen molar-refractivity contribution in [1.29, 1.82) is 0 Å². The molecule has 6 aromatic rings. The number of halogens is 8. The van der Waals surface area contributed by atoms with Crippen LogP contribution in [0.5, 0.6) is 11.5 Å². The van der Waals surface area contributed by atoms with E-state index in [0.717, 1.165) is 44.3 Å². The Morgan fingerprint density at radius 3 is 1.56 bits per heavy atom. The fourth-order valence-corrected chi connectivity index (χ4v) is 6.16. The molecular formula is C40H32Br2F6N6O8. The second-order valence-electron chi connectivity index (χ2n) is 13.1. The molecule has 2 heterocycles. The van der Waals surface area contributed by atoms with Crippen molar-refractivity contribution in [2.24, 2.45) is 0 Å². The van der Waals surface area contributed by atoms with Gasteiger partial charge in [-0.1, -0.05) is 66.4 Å². The molecule has 62 heavy (non-hydrogen) atoms. The van der Waals surface area contributed by atoms with Crippen molar-refractivity contribution in [1.82, 2.24) is 30.9 Å². The quantitative estimate of drug-likeness (QED) is 0.0884. The summed E-state index contributed by atoms with van der Waals surface area (Å²) < 4.78 is 92.5. The average Bonchev–Trinajstić information content (AvgIpc) is 3.89. The predicted octanol–water partition coefficient (Wildman–Crippen LogP) is 8.45. The molecule has 4 aromatic carbocycles. The molecule has 3 N–H and O–H groups in total. The van der Waals surface area contributed by atoms with Gasteiger partial charge in [-0.15, -0.1) is 26.3 Å². The van der Waals surface area contributed by atoms with Crippen LogP contribution in [0.25, 0.3) is 22.8 Å². The van der Waals surface area contributed by atoms with Gasteiger partial charge in [0.15, 0.2) is 5.78 Å². The molecule has 326 valence electrons. The number of nitrogens with zero attached hydrogens (tertiary/aromatic N) is 4. The van der Waals surface area contributed by atoms with E-state index in [-0.39, 0.29) is 35.6 Å². The predicted molar refractivity (Wildman–Crippen MR) is 213 cm³/mol. The molecule has 0 spiro atoms. The van der Waals surface area contributed by atoms with Gasteiger partial charge in [-0.05, 0) is 97.8 Å². The van der Waals surface area contributed by atoms with E-state index >= 15 is 0 Å². The number of benzene rings is 4. The highest BCUT2D eigenvalue weighted by Crippen LogP contribution is 2.27. The Morgan fingerprint density at radius 1 is 0.677 bits per heavy atom. The minimum atomic E-state index is -4.80. The van der Waals surface area contributed by atoms with E-state index in [4.69, 9.17) is 9.05 Å². The number of Topliss-reactive ketones (excluding diaryl/α,β-unsaturated/α-hetero) is 1. The molecule has 0 saturated carbocycles. The first-order valence-electron chi connectivity index (χ1n) is 17.9. The molecule has 2 amide bonds. The molecule has 0 bridgehead atoms. The Labute approximate surface area is 364 Å². The second-order valence-corrected chi connectivity index (χ2v) is 15.0. The normalized spacial score (nSPS) is 12.9. The molecule has 3 unspecified atom stereocenters. The zero-order valence-electron chi connectivity index (χ0n) is 32.0. The third-order valence-corrected chi connectivity index (χ3v) is 9.29. The Kier molecular flexibility index (Phi) is 15.6. The fraction of sp³-hybridized carbons (Fsp3) is 0.225. The number of aliphatic hydroxyl groups excluding tert-OH is 1. The van der Waals surface area contributed by atoms with Gasteiger partial charge in [-0.25, -0.2) is 0 Å². The number of ketones is 1. The molecular weight excluding hydrogens is 966 g/mol. The summed E-state index contributed by atoms with van der Waals surface area (Å²) in [5.41, 5.74) is 2.33. The highest BCUT2D eigenvalue weighted by Gasteiger charge is 2.32. The molecule has 6 rings (SSSR count). The van der Waals surface area contributed by atoms with Crippen LogP contribution in [0.2, 0.25) is 0 Å². The van der Waals surface area contributed by atoms with Gasteiger partial charge in [-0.3, -0.25) is 14.4 Å². The third kappa shape index (κ3) is 14.5. The third-order valence-electron chi connectivity index (χ3n) is 8.30. The Bertz CT molecular complexity index is 2460. The van der Waals surface area contributed by atoms with Crippen molar-refractivity contribution in [3.05, 3.63) is 129 Å². The van der Waals surface area contributed by atoms with E-state index in [2.05, 4.69) is 72.2 Å². The summed E-state index contributed by atoms with van der Waals surface area (Å²) >= 11 is 6.69. The first-order valence-corrected chi connectivity index (χ1v) is 19.5. The number of carbonyl (C=O) groups excluding carboxylic acids is 3. The molecule has 0 aliphatic carbocycles. The van der Waals surface area contributed by atoms with Gasteiger partial charge < -0.3 is 34.3 Å². The maximum absolute atomic E-state index is 12.4. The average molecular weight is 999 g/mol. The summed E-state index contributed by atoms with van der Waals surface area (Å²) in [5.74, 6) is -3.15. The number of alkyl halides is 6. The lowest BCUT2D eigenvalue weighted by Crippen LogP contribution is -2.42. The van der Waals surface area contributed by atoms with Gasteiger partial charge in [0.25, 0.3) is 0 Å². The summed E-state index contributed by atoms with van der Waals surface area (Å²) in [6, 6.07) is 22.8. The van der Waals surface area contributed by atoms with Crippen LogP contribution in [-0.4, -0.2) is 73.9 Å². The minimum Gasteiger partial charge on any atom is -0.406 e. The maximum atomic E-state index is 12.4. The summed E-state index contributed by atoms with van der Waals surface area (Å²) in [5, 5.41) is 22.7. The molecule has 0 aliphatic rings. The van der Waals surface area contributed by atoms with E-state index in [9.17, 15) is 45.8 Å². The minimum absolute atomic E-state index is 0.00294. The molecule has 0 aliphatic heterocycles. The number of aromatic nitrogens is 4. The number of carbonyl (C=O) groups is 3. The molecule has 0 radical (unpaired) electrons. The van der Waals surface area contributed by atoms with Gasteiger partial charge in [0.2, 0.25) is 11.6 Å². The number of ether oxygens (including phenoxy) is 2. The van der Waals surface area contributed by atoms with Crippen molar-refractivity contribution in [2.45, 2.75) is 57.6 Å². The smallest absolute Gasteiger partial charge is 0.406 e. The van der Waals surface area contributed by atoms with Gasteiger partial charge in [-0.2, -0.15) is 9.97 Å². The summed E-state index contributed by atoms with van der Waals surface area (Å²) in [6.45, 7) is 3.17. The first-order chi connectivity index (χ1) is 29.2. The Balaban J connectivity index is 0.000000234. The van der Waals surface area contributed by atoms with Gasteiger partial charge in [0.1, 0.15) is 11.5 Å². The van der Waals surface area contributed by atoms with E-state index in [1.807, 2.05) is 36.4 Å². The van der Waals surface area contributed by atoms with E-state index in [1.54, 1.807) is 19.1 Å². The Morgan fingerprint density at radius 2 is 1.11 bits per heavy atom. The number of amides is 2. The highest BCUT2D eigenvalue weighted by atomic mass is 79.9. The van der Waals surface area contributed by atoms with Crippen molar-refractivity contribution in [3.8, 4) is 34.3 Å². The maximum Gasteiger partial charge on any atom is 0.573 e. The van der Waals surface area contributed by atoms with Crippen LogP contribution in [0.1, 0.15) is 46.3 Å². The van der Waals surface area contributed by atoms with E-state index in [0.29, 0.717) is 17.5 Å². The van der Waals surface area contributed by atoms with Gasteiger partial charge in [0, 0.05) is 32.9 Å². The van der Waals surface area contributed by atoms with Crippen molar-refractivity contribution in [2.75, 3.05) is 0 Å². The summed E-state index contributed by atoms with van der Waals surface area (Å²) in [4.78, 5) is 44.9. The number of aliphatic hydroxyl groups is 1. The van der Waals surface area contributed by atoms with Gasteiger partial charge in [0.05, 0.1) is 18.2 Å². The summed E-state index contributed by atoms with van der Waals surface area (Å²) in [7, 11) is 0. The zero-order chi connectivity index (χ0) is 45.2. The van der Waals surface area contributed by atoms with Crippen molar-refractivity contribution in [3.63, 3.8) is 0 Å². The Hall–Kier alpha value is -6.13. The van der Waals surface area contributed by atoms with Crippen molar-refractivity contribution >= 4 is 49.5 Å². The SMILES string of the molecule is CC(NC(=O)c1nc(-c2ccc(OC(F)(F)F)cc2)no1)C(=O)Cc1cccc(Br)c1.CC(NC(=O)c1nc(-c2ccc(OC(F)(F)F)cc2)no1)C(O)Cc1cccc(Br)c1. The molecule has 0 fully saturated rings. The first kappa shape index (κ1) is 46.9. The van der Waals surface area contributed by atoms with Crippen LogP contribution in [0.15, 0.2) is 115 Å². The molecule has 2 aromatic heterocycles. The zero-order valence-corrected chi connectivity index (χ0v) is 35.2. The van der Waals surface area contributed by atoms with E-state index < -0.39 is 54.2 Å². The van der Waals surface area contributed by atoms with Crippen LogP contribution in [0.3, 0.4) is 0 Å². The van der Waals surface area contributed by atoms with Crippen LogP contribution in [-0.2, 0) is 17.6 Å². The second kappa shape index (κ2) is 20.6. The number of rotatable bonds is 14. The number of hydrogen-bond acceptors (Lipinski definition) is 12. The standard InChI is InChI=1S/C20H17BrF3N3O4.C20H15BrF3N3O4/c2*1-11(16(28)10-12-3-2-4-14(21)9-12)25-18(29)19-26-17(27-31-19)13-5-7-15(8-6-13)30-20(22,23)24/h2-9,11,16,28H,10H2,1H3,(H,25,29);2-9,11H,10H2,1H3,(H,25,29). The molecule has 22 heteroatoms. The molecule has 3 atom stereocenters. The lowest BCUT2D eigenvalue weighted by atomic mass is 10.0. The van der Waals surface area contributed by atoms with E-state index in [1.165, 1.54) is 31.2 Å². The summed E-state index contributed by atoms with van der Waals surface area (Å²) in [6.07, 6.45) is -10.0. The van der Waals surface area contributed by atoms with Crippen LogP contribution < -0.4 is 20.1 Å². The largest absolute Gasteiger partial charge is 0.573 e. The lowest BCUT2D eigenvalue weighted by Gasteiger charge is -2.19. The van der Waals surface area contributed by atoms with Crippen molar-refractivity contribution < 1.29 is 64.4 Å². The van der Waals surface area contributed by atoms with Gasteiger partial charge >= 0.3 is 36.3 Å². The molecule has 0 saturated heterocycles. The number of hydrogen-bond donors (Lipinski definition) is 3.